The zero-order valence-electron chi connectivity index (χ0n) is 11.7. The minimum Gasteiger partial charge on any atom is -0.478 e. The minimum absolute atomic E-state index is 0.00964. The minimum atomic E-state index is -1.00. The number of aliphatic hydroxyl groups excluding tert-OH is 1. The number of carbonyl (C=O) groups is 2. The van der Waals surface area contributed by atoms with Gasteiger partial charge in [-0.05, 0) is 43.9 Å². The number of rotatable bonds is 6. The first kappa shape index (κ1) is 15.7. The molecule has 2 heterocycles. The van der Waals surface area contributed by atoms with E-state index in [1.165, 1.54) is 17.4 Å². The number of likely N-dealkylation sites (tertiary alicyclic amines) is 1. The van der Waals surface area contributed by atoms with E-state index in [2.05, 4.69) is 0 Å². The summed E-state index contributed by atoms with van der Waals surface area (Å²) >= 11 is 1.30. The molecule has 1 atom stereocenters. The highest BCUT2D eigenvalue weighted by Crippen LogP contribution is 2.26. The Morgan fingerprint density at radius 1 is 1.43 bits per heavy atom. The molecule has 1 saturated heterocycles. The molecule has 0 aromatic carbocycles. The fraction of sp³-hybridized carbons (Fsp3) is 0.467. The van der Waals surface area contributed by atoms with Crippen LogP contribution in [0.3, 0.4) is 0 Å². The van der Waals surface area contributed by atoms with E-state index in [9.17, 15) is 9.59 Å². The van der Waals surface area contributed by atoms with Crippen LogP contribution in [0.5, 0.6) is 0 Å². The Bertz CT molecular complexity index is 538. The highest BCUT2D eigenvalue weighted by molar-refractivity contribution is 7.14. The molecule has 114 valence electrons. The Kier molecular flexibility index (Phi) is 5.52. The Hall–Kier alpha value is -1.66. The number of carbonyl (C=O) groups excluding carboxylic acids is 1. The number of aliphatic carboxylic acids is 1. The second-order valence-electron chi connectivity index (χ2n) is 5.03. The van der Waals surface area contributed by atoms with Gasteiger partial charge in [-0.3, -0.25) is 4.79 Å². The molecule has 2 N–H and O–H groups in total. The third-order valence-electron chi connectivity index (χ3n) is 3.56. The summed E-state index contributed by atoms with van der Waals surface area (Å²) in [4.78, 5) is 26.3. The molecule has 0 radical (unpaired) electrons. The number of nitrogens with zero attached hydrogens (tertiary/aromatic N) is 1. The van der Waals surface area contributed by atoms with Gasteiger partial charge in [0.05, 0.1) is 4.88 Å². The molecular weight excluding hydrogens is 290 g/mol. The fourth-order valence-corrected chi connectivity index (χ4v) is 3.45. The van der Waals surface area contributed by atoms with Crippen LogP contribution < -0.4 is 0 Å². The van der Waals surface area contributed by atoms with Crippen molar-refractivity contribution in [3.05, 3.63) is 28.0 Å². The predicted molar refractivity (Wildman–Crippen MR) is 81.4 cm³/mol. The molecule has 1 amide bonds. The molecule has 1 aromatic rings. The van der Waals surface area contributed by atoms with E-state index in [-0.39, 0.29) is 18.6 Å². The van der Waals surface area contributed by atoms with Crippen molar-refractivity contribution in [3.63, 3.8) is 0 Å². The number of carboxylic acid groups (broad SMARTS) is 1. The van der Waals surface area contributed by atoms with E-state index in [0.29, 0.717) is 11.3 Å². The summed E-state index contributed by atoms with van der Waals surface area (Å²) in [5.74, 6) is -0.990. The summed E-state index contributed by atoms with van der Waals surface area (Å²) in [6.07, 6.45) is 6.10. The van der Waals surface area contributed by atoms with Crippen molar-refractivity contribution in [2.45, 2.75) is 31.7 Å². The van der Waals surface area contributed by atoms with Crippen molar-refractivity contribution in [2.75, 3.05) is 13.2 Å². The molecule has 1 aliphatic heterocycles. The molecule has 6 heteroatoms. The first-order valence-electron chi connectivity index (χ1n) is 7.04. The van der Waals surface area contributed by atoms with Crippen LogP contribution in [0.15, 0.2) is 18.2 Å². The zero-order valence-corrected chi connectivity index (χ0v) is 12.5. The summed E-state index contributed by atoms with van der Waals surface area (Å²) in [5.41, 5.74) is 0. The smallest absolute Gasteiger partial charge is 0.328 e. The first-order chi connectivity index (χ1) is 10.1. The molecule has 0 bridgehead atoms. The topological polar surface area (TPSA) is 77.8 Å². The largest absolute Gasteiger partial charge is 0.478 e. The van der Waals surface area contributed by atoms with Crippen molar-refractivity contribution < 1.29 is 19.8 Å². The number of hydrogen-bond donors (Lipinski definition) is 2. The molecule has 0 aliphatic carbocycles. The van der Waals surface area contributed by atoms with Gasteiger partial charge in [0.1, 0.15) is 0 Å². The van der Waals surface area contributed by atoms with E-state index in [4.69, 9.17) is 10.2 Å². The van der Waals surface area contributed by atoms with Gasteiger partial charge >= 0.3 is 5.97 Å². The van der Waals surface area contributed by atoms with E-state index < -0.39 is 5.97 Å². The van der Waals surface area contributed by atoms with Crippen LogP contribution in [0.2, 0.25) is 0 Å². The maximum absolute atomic E-state index is 12.5. The maximum Gasteiger partial charge on any atom is 0.328 e. The second kappa shape index (κ2) is 7.38. The van der Waals surface area contributed by atoms with Crippen molar-refractivity contribution >= 4 is 29.3 Å². The van der Waals surface area contributed by atoms with Gasteiger partial charge < -0.3 is 15.1 Å². The van der Waals surface area contributed by atoms with Gasteiger partial charge in [0.25, 0.3) is 5.91 Å². The van der Waals surface area contributed by atoms with Crippen LogP contribution in [0.4, 0.5) is 0 Å². The number of thiophene rings is 1. The SMILES string of the molecule is O=C(O)C=Cc1ccc(C(=O)N2CCCC2CCCO)s1. The fourth-order valence-electron chi connectivity index (χ4n) is 2.58. The Balaban J connectivity index is 2.04. The molecule has 0 saturated carbocycles. The predicted octanol–water partition coefficient (Wildman–Crippen LogP) is 2.22. The van der Waals surface area contributed by atoms with Crippen molar-refractivity contribution in [1.29, 1.82) is 0 Å². The average Bonchev–Trinajstić information content (AvgIpc) is 3.11. The highest BCUT2D eigenvalue weighted by atomic mass is 32.1. The van der Waals surface area contributed by atoms with Crippen LogP contribution in [0, 0.1) is 0 Å². The number of aliphatic hydroxyl groups is 1. The van der Waals surface area contributed by atoms with Crippen molar-refractivity contribution in [3.8, 4) is 0 Å². The molecular formula is C15H19NO4S. The Morgan fingerprint density at radius 3 is 2.95 bits per heavy atom. The molecule has 21 heavy (non-hydrogen) atoms. The lowest BCUT2D eigenvalue weighted by molar-refractivity contribution is -0.131. The van der Waals surface area contributed by atoms with Gasteiger partial charge in [0.2, 0.25) is 0 Å². The Labute approximate surface area is 127 Å². The summed E-state index contributed by atoms with van der Waals surface area (Å²) in [5, 5.41) is 17.5. The van der Waals surface area contributed by atoms with Gasteiger partial charge in [-0.15, -0.1) is 11.3 Å². The van der Waals surface area contributed by atoms with Gasteiger partial charge in [-0.25, -0.2) is 4.79 Å². The van der Waals surface area contributed by atoms with Gasteiger partial charge in [0, 0.05) is 30.1 Å². The lowest BCUT2D eigenvalue weighted by Crippen LogP contribution is -2.35. The molecule has 1 fully saturated rings. The first-order valence-corrected chi connectivity index (χ1v) is 7.86. The van der Waals surface area contributed by atoms with E-state index in [0.717, 1.165) is 36.8 Å². The van der Waals surface area contributed by atoms with Crippen LogP contribution in [0.25, 0.3) is 6.08 Å². The molecule has 1 aromatic heterocycles. The average molecular weight is 309 g/mol. The van der Waals surface area contributed by atoms with E-state index in [1.54, 1.807) is 12.1 Å². The quantitative estimate of drug-likeness (QED) is 0.790. The van der Waals surface area contributed by atoms with Crippen LogP contribution in [-0.4, -0.2) is 46.2 Å². The lowest BCUT2D eigenvalue weighted by Gasteiger charge is -2.24. The van der Waals surface area contributed by atoms with Gasteiger partial charge in [0.15, 0.2) is 0 Å². The van der Waals surface area contributed by atoms with Crippen molar-refractivity contribution in [2.24, 2.45) is 0 Å². The molecule has 0 spiro atoms. The number of amides is 1. The molecule has 1 unspecified atom stereocenters. The zero-order chi connectivity index (χ0) is 15.2. The third-order valence-corrected chi connectivity index (χ3v) is 4.60. The van der Waals surface area contributed by atoms with Crippen LogP contribution >= 0.6 is 11.3 Å². The number of carboxylic acids is 1. The normalized spacial score (nSPS) is 18.5. The summed E-state index contributed by atoms with van der Waals surface area (Å²) < 4.78 is 0. The number of hydrogen-bond acceptors (Lipinski definition) is 4. The molecule has 1 aliphatic rings. The summed E-state index contributed by atoms with van der Waals surface area (Å²) in [7, 11) is 0. The van der Waals surface area contributed by atoms with Gasteiger partial charge in [-0.1, -0.05) is 0 Å². The maximum atomic E-state index is 12.5. The van der Waals surface area contributed by atoms with Crippen LogP contribution in [-0.2, 0) is 4.79 Å². The summed E-state index contributed by atoms with van der Waals surface area (Å²) in [6, 6.07) is 3.72. The van der Waals surface area contributed by atoms with Gasteiger partial charge in [-0.2, -0.15) is 0 Å². The Morgan fingerprint density at radius 2 is 2.24 bits per heavy atom. The third kappa shape index (κ3) is 4.15. The lowest BCUT2D eigenvalue weighted by atomic mass is 10.1. The summed E-state index contributed by atoms with van der Waals surface area (Å²) in [6.45, 7) is 0.911. The highest BCUT2D eigenvalue weighted by Gasteiger charge is 2.29. The molecule has 5 nitrogen and oxygen atoms in total. The monoisotopic (exact) mass is 309 g/mol. The van der Waals surface area contributed by atoms with Crippen molar-refractivity contribution in [1.82, 2.24) is 4.90 Å². The second-order valence-corrected chi connectivity index (χ2v) is 6.15. The van der Waals surface area contributed by atoms with Crippen LogP contribution in [0.1, 0.15) is 40.2 Å². The standard InChI is InChI=1S/C15H19NO4S/c17-10-2-4-11-3-1-9-16(11)15(20)13-7-5-12(21-13)6-8-14(18)19/h5-8,11,17H,1-4,9-10H2,(H,18,19). The van der Waals surface area contributed by atoms with E-state index in [1.807, 2.05) is 4.90 Å². The van der Waals surface area contributed by atoms with E-state index >= 15 is 0 Å². The molecule has 2 rings (SSSR count).